The Morgan fingerprint density at radius 2 is 1.80 bits per heavy atom. The second kappa shape index (κ2) is 8.27. The fraction of sp³-hybridized carbons (Fsp3) is 0.136. The van der Waals surface area contributed by atoms with Gasteiger partial charge in [0, 0.05) is 17.8 Å². The number of nitrogens with one attached hydrogen (secondary N) is 1. The summed E-state index contributed by atoms with van der Waals surface area (Å²) in [4.78, 5) is 12.7. The number of para-hydroxylation sites is 1. The highest BCUT2D eigenvalue weighted by molar-refractivity contribution is 14.1. The van der Waals surface area contributed by atoms with E-state index in [9.17, 15) is 13.2 Å². The van der Waals surface area contributed by atoms with Crippen LogP contribution in [0.3, 0.4) is 0 Å². The van der Waals surface area contributed by atoms with E-state index >= 15 is 0 Å². The van der Waals surface area contributed by atoms with E-state index in [1.165, 1.54) is 16.4 Å². The lowest BCUT2D eigenvalue weighted by Crippen LogP contribution is -2.29. The van der Waals surface area contributed by atoms with Gasteiger partial charge < -0.3 is 10.1 Å². The van der Waals surface area contributed by atoms with E-state index in [2.05, 4.69) is 27.9 Å². The largest absolute Gasteiger partial charge is 0.496 e. The van der Waals surface area contributed by atoms with Crippen LogP contribution in [-0.4, -0.2) is 28.0 Å². The lowest BCUT2D eigenvalue weighted by atomic mass is 10.2. The van der Waals surface area contributed by atoms with Crippen molar-refractivity contribution in [1.82, 2.24) is 0 Å². The number of fused-ring (bicyclic) bond motifs is 1. The van der Waals surface area contributed by atoms with Crippen LogP contribution in [0, 0.1) is 3.57 Å². The van der Waals surface area contributed by atoms with Gasteiger partial charge in [0.2, 0.25) is 0 Å². The van der Waals surface area contributed by atoms with E-state index in [0.717, 1.165) is 14.8 Å². The molecule has 1 amide bonds. The third kappa shape index (κ3) is 3.89. The Morgan fingerprint density at radius 1 is 1.07 bits per heavy atom. The van der Waals surface area contributed by atoms with Gasteiger partial charge in [-0.15, -0.1) is 0 Å². The van der Waals surface area contributed by atoms with E-state index in [4.69, 9.17) is 4.74 Å². The predicted octanol–water partition coefficient (Wildman–Crippen LogP) is 4.30. The zero-order chi connectivity index (χ0) is 21.3. The molecule has 0 unspecified atom stereocenters. The normalized spacial score (nSPS) is 13.1. The Labute approximate surface area is 189 Å². The Balaban J connectivity index is 1.52. The summed E-state index contributed by atoms with van der Waals surface area (Å²) >= 11 is 2.11. The minimum Gasteiger partial charge on any atom is -0.496 e. The van der Waals surface area contributed by atoms with Crippen LogP contribution in [0.2, 0.25) is 0 Å². The second-order valence-electron chi connectivity index (χ2n) is 6.78. The van der Waals surface area contributed by atoms with E-state index in [1.807, 2.05) is 24.3 Å². The molecule has 0 bridgehead atoms. The highest BCUT2D eigenvalue weighted by Crippen LogP contribution is 2.33. The molecule has 1 heterocycles. The molecule has 1 aliphatic rings. The van der Waals surface area contributed by atoms with Crippen LogP contribution < -0.4 is 14.4 Å². The number of halogens is 1. The number of carbonyl (C=O) groups is 1. The van der Waals surface area contributed by atoms with Crippen LogP contribution in [0.25, 0.3) is 0 Å². The van der Waals surface area contributed by atoms with Gasteiger partial charge in [0.05, 0.1) is 21.3 Å². The van der Waals surface area contributed by atoms with Crippen molar-refractivity contribution in [2.75, 3.05) is 23.3 Å². The van der Waals surface area contributed by atoms with E-state index in [-0.39, 0.29) is 10.8 Å². The maximum Gasteiger partial charge on any atom is 0.264 e. The Hall–Kier alpha value is -2.59. The second-order valence-corrected chi connectivity index (χ2v) is 9.81. The highest BCUT2D eigenvalue weighted by Gasteiger charge is 2.30. The summed E-state index contributed by atoms with van der Waals surface area (Å²) in [6, 6.07) is 18.9. The van der Waals surface area contributed by atoms with Gasteiger partial charge in [-0.2, -0.15) is 0 Å². The maximum atomic E-state index is 13.1. The Bertz CT molecular complexity index is 1210. The molecule has 0 radical (unpaired) electrons. The van der Waals surface area contributed by atoms with Gasteiger partial charge in [0.1, 0.15) is 5.75 Å². The topological polar surface area (TPSA) is 75.7 Å². The van der Waals surface area contributed by atoms with Gasteiger partial charge in [-0.25, -0.2) is 8.42 Å². The van der Waals surface area contributed by atoms with Crippen molar-refractivity contribution in [1.29, 1.82) is 0 Å². The van der Waals surface area contributed by atoms with E-state index in [1.54, 1.807) is 37.4 Å². The summed E-state index contributed by atoms with van der Waals surface area (Å²) in [5, 5.41) is 2.80. The van der Waals surface area contributed by atoms with Gasteiger partial charge in [-0.3, -0.25) is 9.10 Å². The third-order valence-electron chi connectivity index (χ3n) is 4.96. The zero-order valence-electron chi connectivity index (χ0n) is 16.1. The molecule has 4 rings (SSSR count). The number of hydrogen-bond acceptors (Lipinski definition) is 4. The Kier molecular flexibility index (Phi) is 5.70. The highest BCUT2D eigenvalue weighted by atomic mass is 127. The smallest absolute Gasteiger partial charge is 0.264 e. The summed E-state index contributed by atoms with van der Waals surface area (Å²) in [5.41, 5.74) is 2.76. The van der Waals surface area contributed by atoms with Crippen molar-refractivity contribution in [3.63, 3.8) is 0 Å². The fourth-order valence-electron chi connectivity index (χ4n) is 3.41. The third-order valence-corrected chi connectivity index (χ3v) is 7.63. The average molecular weight is 534 g/mol. The van der Waals surface area contributed by atoms with Crippen molar-refractivity contribution in [2.45, 2.75) is 11.3 Å². The molecule has 0 aromatic heterocycles. The van der Waals surface area contributed by atoms with Crippen LogP contribution in [0.5, 0.6) is 5.75 Å². The molecule has 1 N–H and O–H groups in total. The van der Waals surface area contributed by atoms with Crippen molar-refractivity contribution < 1.29 is 17.9 Å². The molecule has 3 aromatic carbocycles. The number of benzene rings is 3. The number of methoxy groups -OCH3 is 1. The molecular formula is C22H19IN2O4S. The van der Waals surface area contributed by atoms with Gasteiger partial charge in [-0.1, -0.05) is 18.2 Å². The standard InChI is InChI=1S/C22H19IN2O4S/c1-29-21-11-6-16(14-19(21)23)22(26)24-17-7-9-18(10-8-17)30(27,28)25-13-12-15-4-2-3-5-20(15)25/h2-11,14H,12-13H2,1H3,(H,24,26). The quantitative estimate of drug-likeness (QED) is 0.496. The first-order valence-electron chi connectivity index (χ1n) is 9.26. The first kappa shape index (κ1) is 20.7. The molecule has 0 fully saturated rings. The number of anilines is 2. The number of hydrogen-bond donors (Lipinski definition) is 1. The average Bonchev–Trinajstić information content (AvgIpc) is 3.19. The molecular weight excluding hydrogens is 515 g/mol. The van der Waals surface area contributed by atoms with Gasteiger partial charge in [-0.05, 0) is 83.1 Å². The molecule has 8 heteroatoms. The van der Waals surface area contributed by atoms with Crippen LogP contribution in [-0.2, 0) is 16.4 Å². The summed E-state index contributed by atoms with van der Waals surface area (Å²) in [6.45, 7) is 0.427. The number of rotatable bonds is 5. The van der Waals surface area contributed by atoms with Crippen LogP contribution in [0.15, 0.2) is 71.6 Å². The molecule has 0 saturated heterocycles. The van der Waals surface area contributed by atoms with Crippen molar-refractivity contribution >= 4 is 49.9 Å². The van der Waals surface area contributed by atoms with E-state index in [0.29, 0.717) is 30.0 Å². The SMILES string of the molecule is COc1ccc(C(=O)Nc2ccc(S(=O)(=O)N3CCc4ccccc43)cc2)cc1I. The zero-order valence-corrected chi connectivity index (χ0v) is 19.1. The van der Waals surface area contributed by atoms with Crippen LogP contribution in [0.1, 0.15) is 15.9 Å². The van der Waals surface area contributed by atoms with Crippen LogP contribution in [0.4, 0.5) is 11.4 Å². The van der Waals surface area contributed by atoms with Crippen molar-refractivity contribution in [2.24, 2.45) is 0 Å². The molecule has 154 valence electrons. The number of amides is 1. The number of ether oxygens (including phenoxy) is 1. The molecule has 0 atom stereocenters. The summed E-state index contributed by atoms with van der Waals surface area (Å²) in [5.74, 6) is 0.421. The molecule has 3 aromatic rings. The first-order chi connectivity index (χ1) is 14.4. The predicted molar refractivity (Wildman–Crippen MR) is 125 cm³/mol. The number of sulfonamides is 1. The lowest BCUT2D eigenvalue weighted by molar-refractivity contribution is 0.102. The monoisotopic (exact) mass is 534 g/mol. The molecule has 0 saturated carbocycles. The van der Waals surface area contributed by atoms with Gasteiger partial charge >= 0.3 is 0 Å². The van der Waals surface area contributed by atoms with E-state index < -0.39 is 10.0 Å². The minimum atomic E-state index is -3.66. The molecule has 1 aliphatic heterocycles. The van der Waals surface area contributed by atoms with Crippen molar-refractivity contribution in [3.05, 3.63) is 81.4 Å². The van der Waals surface area contributed by atoms with Crippen molar-refractivity contribution in [3.8, 4) is 5.75 Å². The maximum absolute atomic E-state index is 13.1. The fourth-order valence-corrected chi connectivity index (χ4v) is 5.64. The lowest BCUT2D eigenvalue weighted by Gasteiger charge is -2.19. The molecule has 0 aliphatic carbocycles. The Morgan fingerprint density at radius 3 is 2.50 bits per heavy atom. The molecule has 0 spiro atoms. The summed E-state index contributed by atoms with van der Waals surface area (Å²) in [7, 11) is -2.08. The van der Waals surface area contributed by atoms with Crippen LogP contribution >= 0.6 is 22.6 Å². The summed E-state index contributed by atoms with van der Waals surface area (Å²) in [6.07, 6.45) is 0.699. The minimum absolute atomic E-state index is 0.191. The number of carbonyl (C=O) groups excluding carboxylic acids is 1. The van der Waals surface area contributed by atoms with Gasteiger partial charge in [0.15, 0.2) is 0 Å². The number of nitrogens with zero attached hydrogens (tertiary/aromatic N) is 1. The molecule has 30 heavy (non-hydrogen) atoms. The molecule has 6 nitrogen and oxygen atoms in total. The van der Waals surface area contributed by atoms with Gasteiger partial charge in [0.25, 0.3) is 15.9 Å². The first-order valence-corrected chi connectivity index (χ1v) is 11.8. The summed E-state index contributed by atoms with van der Waals surface area (Å²) < 4.78 is 33.6.